The number of carbonyl (C=O) groups excluding carboxylic acids is 2. The highest BCUT2D eigenvalue weighted by Gasteiger charge is 2.40. The molecule has 0 aromatic carbocycles. The second-order valence-electron chi connectivity index (χ2n) is 5.99. The molecule has 2 aliphatic carbocycles. The molecule has 4 atom stereocenters. The van der Waals surface area contributed by atoms with Gasteiger partial charge in [0.05, 0.1) is 12.2 Å². The van der Waals surface area contributed by atoms with Crippen molar-refractivity contribution in [1.29, 1.82) is 0 Å². The number of rotatable bonds is 5. The second kappa shape index (κ2) is 5.16. The normalized spacial score (nSPS) is 30.7. The second-order valence-corrected chi connectivity index (χ2v) is 6.85. The molecule has 1 aromatic heterocycles. The highest BCUT2D eigenvalue weighted by Crippen LogP contribution is 2.39. The average molecular weight is 293 g/mol. The van der Waals surface area contributed by atoms with Crippen molar-refractivity contribution in [3.05, 3.63) is 11.1 Å². The Balaban J connectivity index is 1.46. The van der Waals surface area contributed by atoms with Crippen LogP contribution in [0.2, 0.25) is 0 Å². The first kappa shape index (κ1) is 13.5. The molecule has 108 valence electrons. The summed E-state index contributed by atoms with van der Waals surface area (Å²) in [6.07, 6.45) is 1.96. The van der Waals surface area contributed by atoms with Crippen LogP contribution in [0.1, 0.15) is 32.4 Å². The minimum atomic E-state index is 0.0641. The number of nitrogens with one attached hydrogen (secondary N) is 2. The molecule has 2 amide bonds. The van der Waals surface area contributed by atoms with E-state index in [1.807, 2.05) is 5.38 Å². The van der Waals surface area contributed by atoms with Crippen molar-refractivity contribution in [3.8, 4) is 0 Å². The van der Waals surface area contributed by atoms with Crippen molar-refractivity contribution in [3.63, 3.8) is 0 Å². The monoisotopic (exact) mass is 293 g/mol. The van der Waals surface area contributed by atoms with Crippen molar-refractivity contribution in [2.45, 2.75) is 33.2 Å². The van der Waals surface area contributed by atoms with Gasteiger partial charge in [0.25, 0.3) is 0 Å². The van der Waals surface area contributed by atoms with E-state index < -0.39 is 0 Å². The van der Waals surface area contributed by atoms with Crippen molar-refractivity contribution < 1.29 is 9.59 Å². The third-order valence-corrected chi connectivity index (χ3v) is 4.92. The number of nitrogens with zero attached hydrogens (tertiary/aromatic N) is 1. The maximum Gasteiger partial charge on any atom is 0.229 e. The number of anilines is 1. The standard InChI is InChI=1S/C14H19N3O2S/c1-7-3-10(7)12(18)15-5-9-6-20-14(16-9)17-13(19)11-4-8(11)2/h6-8,10-11H,3-5H2,1-2H3,(H,15,18)(H,16,17,19)/t7-,8-,10+,11+/m1/s1. The van der Waals surface area contributed by atoms with Gasteiger partial charge in [-0.2, -0.15) is 0 Å². The van der Waals surface area contributed by atoms with Gasteiger partial charge in [-0.15, -0.1) is 11.3 Å². The SMILES string of the molecule is C[C@@H]1C[C@@H]1C(=O)NCc1csc(NC(=O)[C@H]2C[C@H]2C)n1. The van der Waals surface area contributed by atoms with E-state index in [0.29, 0.717) is 23.5 Å². The molecule has 2 N–H and O–H groups in total. The van der Waals surface area contributed by atoms with E-state index in [1.54, 1.807) is 0 Å². The van der Waals surface area contributed by atoms with E-state index in [4.69, 9.17) is 0 Å². The van der Waals surface area contributed by atoms with Gasteiger partial charge < -0.3 is 10.6 Å². The first-order valence-corrected chi connectivity index (χ1v) is 7.95. The van der Waals surface area contributed by atoms with Crippen LogP contribution in [-0.2, 0) is 16.1 Å². The van der Waals surface area contributed by atoms with Gasteiger partial charge in [-0.3, -0.25) is 9.59 Å². The van der Waals surface area contributed by atoms with Crippen molar-refractivity contribution in [1.82, 2.24) is 10.3 Å². The highest BCUT2D eigenvalue weighted by atomic mass is 32.1. The molecular formula is C14H19N3O2S. The van der Waals surface area contributed by atoms with Gasteiger partial charge in [-0.25, -0.2) is 4.98 Å². The maximum absolute atomic E-state index is 11.8. The molecule has 0 spiro atoms. The van der Waals surface area contributed by atoms with Gasteiger partial charge >= 0.3 is 0 Å². The molecule has 5 nitrogen and oxygen atoms in total. The number of carbonyl (C=O) groups is 2. The van der Waals surface area contributed by atoms with Gasteiger partial charge in [0.2, 0.25) is 11.8 Å². The fraction of sp³-hybridized carbons (Fsp3) is 0.643. The van der Waals surface area contributed by atoms with Crippen LogP contribution in [0.5, 0.6) is 0 Å². The summed E-state index contributed by atoms with van der Waals surface area (Å²) < 4.78 is 0. The molecule has 0 saturated heterocycles. The summed E-state index contributed by atoms with van der Waals surface area (Å²) in [5.41, 5.74) is 0.802. The Labute approximate surface area is 122 Å². The summed E-state index contributed by atoms with van der Waals surface area (Å²) in [6.45, 7) is 4.60. The van der Waals surface area contributed by atoms with E-state index in [0.717, 1.165) is 18.5 Å². The highest BCUT2D eigenvalue weighted by molar-refractivity contribution is 7.13. The minimum Gasteiger partial charge on any atom is -0.350 e. The van der Waals surface area contributed by atoms with Gasteiger partial charge in [0.1, 0.15) is 0 Å². The molecule has 6 heteroatoms. The predicted molar refractivity (Wildman–Crippen MR) is 77.1 cm³/mol. The Morgan fingerprint density at radius 3 is 2.45 bits per heavy atom. The van der Waals surface area contributed by atoms with Gasteiger partial charge in [0, 0.05) is 17.2 Å². The fourth-order valence-electron chi connectivity index (χ4n) is 2.33. The van der Waals surface area contributed by atoms with Crippen LogP contribution >= 0.6 is 11.3 Å². The summed E-state index contributed by atoms with van der Waals surface area (Å²) >= 11 is 1.41. The first-order valence-electron chi connectivity index (χ1n) is 7.07. The molecule has 0 unspecified atom stereocenters. The molecule has 2 fully saturated rings. The molecule has 2 aliphatic rings. The van der Waals surface area contributed by atoms with E-state index in [1.165, 1.54) is 11.3 Å². The number of hydrogen-bond acceptors (Lipinski definition) is 4. The van der Waals surface area contributed by atoms with Gasteiger partial charge in [-0.05, 0) is 24.7 Å². The number of aromatic nitrogens is 1. The summed E-state index contributed by atoms with van der Waals surface area (Å²) in [7, 11) is 0. The van der Waals surface area contributed by atoms with Crippen LogP contribution in [0, 0.1) is 23.7 Å². The van der Waals surface area contributed by atoms with E-state index in [2.05, 4.69) is 29.5 Å². The van der Waals surface area contributed by atoms with Crippen molar-refractivity contribution in [2.75, 3.05) is 5.32 Å². The number of amides is 2. The quantitative estimate of drug-likeness (QED) is 0.872. The summed E-state index contributed by atoms with van der Waals surface area (Å²) in [5.74, 6) is 1.52. The Bertz CT molecular complexity index is 542. The molecule has 3 rings (SSSR count). The molecule has 0 aliphatic heterocycles. The van der Waals surface area contributed by atoms with Crippen LogP contribution in [0.3, 0.4) is 0 Å². The zero-order valence-corrected chi connectivity index (χ0v) is 12.5. The van der Waals surface area contributed by atoms with Crippen LogP contribution in [0.4, 0.5) is 5.13 Å². The first-order chi connectivity index (χ1) is 9.54. The molecule has 1 heterocycles. The van der Waals surface area contributed by atoms with Gasteiger partial charge in [-0.1, -0.05) is 13.8 Å². The summed E-state index contributed by atoms with van der Waals surface area (Å²) in [5, 5.41) is 8.23. The van der Waals surface area contributed by atoms with E-state index in [9.17, 15) is 9.59 Å². The van der Waals surface area contributed by atoms with Crippen LogP contribution in [0.15, 0.2) is 5.38 Å². The van der Waals surface area contributed by atoms with Gasteiger partial charge in [0.15, 0.2) is 5.13 Å². The Hall–Kier alpha value is -1.43. The summed E-state index contributed by atoms with van der Waals surface area (Å²) in [6, 6.07) is 0. The average Bonchev–Trinajstić information content (AvgIpc) is 3.27. The Kier molecular flexibility index (Phi) is 3.50. The zero-order valence-electron chi connectivity index (χ0n) is 11.7. The molecule has 1 aromatic rings. The third-order valence-electron chi connectivity index (χ3n) is 4.12. The molecule has 2 saturated carbocycles. The van der Waals surface area contributed by atoms with Crippen LogP contribution in [0.25, 0.3) is 0 Å². The van der Waals surface area contributed by atoms with E-state index >= 15 is 0 Å². The zero-order chi connectivity index (χ0) is 14.3. The Morgan fingerprint density at radius 2 is 1.85 bits per heavy atom. The van der Waals surface area contributed by atoms with Crippen LogP contribution < -0.4 is 10.6 Å². The lowest BCUT2D eigenvalue weighted by atomic mass is 10.3. The third kappa shape index (κ3) is 3.00. The lowest BCUT2D eigenvalue weighted by molar-refractivity contribution is -0.122. The minimum absolute atomic E-state index is 0.0641. The van der Waals surface area contributed by atoms with Crippen molar-refractivity contribution >= 4 is 28.3 Å². The fourth-order valence-corrected chi connectivity index (χ4v) is 3.04. The lowest BCUT2D eigenvalue weighted by Crippen LogP contribution is -2.25. The number of thiazole rings is 1. The number of hydrogen-bond donors (Lipinski definition) is 2. The van der Waals surface area contributed by atoms with Crippen molar-refractivity contribution in [2.24, 2.45) is 23.7 Å². The Morgan fingerprint density at radius 1 is 1.25 bits per heavy atom. The smallest absolute Gasteiger partial charge is 0.229 e. The molecule has 0 bridgehead atoms. The molecule has 20 heavy (non-hydrogen) atoms. The topological polar surface area (TPSA) is 71.1 Å². The largest absolute Gasteiger partial charge is 0.350 e. The lowest BCUT2D eigenvalue weighted by Gasteiger charge is -2.01. The molecule has 0 radical (unpaired) electrons. The maximum atomic E-state index is 11.8. The van der Waals surface area contributed by atoms with Crippen LogP contribution in [-0.4, -0.2) is 16.8 Å². The summed E-state index contributed by atoms with van der Waals surface area (Å²) in [4.78, 5) is 27.8. The van der Waals surface area contributed by atoms with E-state index in [-0.39, 0.29) is 23.7 Å². The predicted octanol–water partition coefficient (Wildman–Crippen LogP) is 2.01. The molecular weight excluding hydrogens is 274 g/mol.